The summed E-state index contributed by atoms with van der Waals surface area (Å²) in [7, 11) is 0. The van der Waals surface area contributed by atoms with E-state index in [1.165, 1.54) is 0 Å². The van der Waals surface area contributed by atoms with Gasteiger partial charge in [-0.25, -0.2) is 4.98 Å². The van der Waals surface area contributed by atoms with Gasteiger partial charge in [-0.2, -0.15) is 0 Å². The number of aromatic nitrogens is 3. The van der Waals surface area contributed by atoms with Crippen LogP contribution in [0.2, 0.25) is 0 Å². The van der Waals surface area contributed by atoms with Crippen molar-refractivity contribution in [2.75, 3.05) is 0 Å². The molecule has 4 heteroatoms. The van der Waals surface area contributed by atoms with E-state index in [0.29, 0.717) is 6.04 Å². The molecule has 2 rings (SSSR count). The molecule has 2 N–H and O–H groups in total. The molecule has 2 aromatic rings. The summed E-state index contributed by atoms with van der Waals surface area (Å²) in [6.45, 7) is 8.56. The fourth-order valence-corrected chi connectivity index (χ4v) is 2.39. The highest BCUT2D eigenvalue weighted by atomic mass is 15.1. The molecule has 0 aromatic carbocycles. The molecule has 0 aliphatic carbocycles. The number of imidazole rings is 1. The summed E-state index contributed by atoms with van der Waals surface area (Å²) in [6.07, 6.45) is 5.38. The molecule has 0 bridgehead atoms. The van der Waals surface area contributed by atoms with Gasteiger partial charge in [-0.3, -0.25) is 4.98 Å². The van der Waals surface area contributed by atoms with E-state index in [4.69, 9.17) is 10.7 Å². The SMILES string of the molecule is CCC(N)(CC)c1nc2cnccc2n1C(C)C. The standard InChI is InChI=1S/C14H22N4/c1-5-14(15,6-2)13-17-11-9-16-8-7-12(11)18(13)10(3)4/h7-10H,5-6,15H2,1-4H3. The Balaban J connectivity index is 2.74. The first-order valence-electron chi connectivity index (χ1n) is 6.64. The van der Waals surface area contributed by atoms with Gasteiger partial charge in [-0.15, -0.1) is 0 Å². The third kappa shape index (κ3) is 1.90. The van der Waals surface area contributed by atoms with Gasteiger partial charge in [-0.1, -0.05) is 13.8 Å². The number of rotatable bonds is 4. The van der Waals surface area contributed by atoms with Crippen molar-refractivity contribution >= 4 is 11.0 Å². The van der Waals surface area contributed by atoms with Crippen molar-refractivity contribution < 1.29 is 0 Å². The fraction of sp³-hybridized carbons (Fsp3) is 0.571. The van der Waals surface area contributed by atoms with E-state index in [9.17, 15) is 0 Å². The second kappa shape index (κ2) is 4.69. The lowest BCUT2D eigenvalue weighted by Gasteiger charge is -2.28. The number of hydrogen-bond acceptors (Lipinski definition) is 3. The minimum absolute atomic E-state index is 0.341. The van der Waals surface area contributed by atoms with Crippen LogP contribution in [0.5, 0.6) is 0 Å². The molecule has 0 atom stereocenters. The van der Waals surface area contributed by atoms with Crippen LogP contribution in [0, 0.1) is 0 Å². The van der Waals surface area contributed by atoms with E-state index in [0.717, 1.165) is 29.7 Å². The Morgan fingerprint density at radius 3 is 2.56 bits per heavy atom. The Hall–Kier alpha value is -1.42. The van der Waals surface area contributed by atoms with Crippen LogP contribution in [0.4, 0.5) is 0 Å². The molecular formula is C14H22N4. The number of nitrogens with zero attached hydrogens (tertiary/aromatic N) is 3. The normalized spacial score (nSPS) is 12.6. The Labute approximate surface area is 108 Å². The summed E-state index contributed by atoms with van der Waals surface area (Å²) in [6, 6.07) is 2.35. The molecule has 2 heterocycles. The molecule has 0 fully saturated rings. The van der Waals surface area contributed by atoms with Crippen molar-refractivity contribution in [1.82, 2.24) is 14.5 Å². The Morgan fingerprint density at radius 2 is 2.00 bits per heavy atom. The van der Waals surface area contributed by atoms with Crippen LogP contribution in [0.25, 0.3) is 11.0 Å². The van der Waals surface area contributed by atoms with E-state index in [2.05, 4.69) is 37.2 Å². The first kappa shape index (κ1) is 13.0. The second-order valence-corrected chi connectivity index (χ2v) is 5.13. The molecular weight excluding hydrogens is 224 g/mol. The van der Waals surface area contributed by atoms with Gasteiger partial charge in [0.25, 0.3) is 0 Å². The Bertz CT molecular complexity index is 538. The van der Waals surface area contributed by atoms with E-state index >= 15 is 0 Å². The van der Waals surface area contributed by atoms with Crippen molar-refractivity contribution in [2.45, 2.75) is 52.1 Å². The molecule has 4 nitrogen and oxygen atoms in total. The highest BCUT2D eigenvalue weighted by Gasteiger charge is 2.30. The van der Waals surface area contributed by atoms with Crippen LogP contribution in [-0.4, -0.2) is 14.5 Å². The zero-order valence-electron chi connectivity index (χ0n) is 11.6. The lowest BCUT2D eigenvalue weighted by molar-refractivity contribution is 0.362. The lowest BCUT2D eigenvalue weighted by Crippen LogP contribution is -2.38. The highest BCUT2D eigenvalue weighted by molar-refractivity contribution is 5.75. The zero-order chi connectivity index (χ0) is 13.3. The highest BCUT2D eigenvalue weighted by Crippen LogP contribution is 2.30. The molecule has 0 aliphatic rings. The maximum absolute atomic E-state index is 6.52. The molecule has 0 saturated carbocycles. The molecule has 0 amide bonds. The second-order valence-electron chi connectivity index (χ2n) is 5.13. The summed E-state index contributed by atoms with van der Waals surface area (Å²) < 4.78 is 2.24. The van der Waals surface area contributed by atoms with Crippen LogP contribution >= 0.6 is 0 Å². The topological polar surface area (TPSA) is 56.7 Å². The third-order valence-electron chi connectivity index (χ3n) is 3.72. The van der Waals surface area contributed by atoms with Gasteiger partial charge < -0.3 is 10.3 Å². The van der Waals surface area contributed by atoms with Crippen molar-refractivity contribution in [3.8, 4) is 0 Å². The molecule has 98 valence electrons. The van der Waals surface area contributed by atoms with Crippen LogP contribution in [0.1, 0.15) is 52.4 Å². The molecule has 0 saturated heterocycles. The molecule has 0 spiro atoms. The average Bonchev–Trinajstić information content (AvgIpc) is 2.77. The van der Waals surface area contributed by atoms with Gasteiger partial charge in [0.05, 0.1) is 17.3 Å². The summed E-state index contributed by atoms with van der Waals surface area (Å²) >= 11 is 0. The molecule has 0 unspecified atom stereocenters. The van der Waals surface area contributed by atoms with Gasteiger partial charge >= 0.3 is 0 Å². The van der Waals surface area contributed by atoms with Crippen LogP contribution in [-0.2, 0) is 5.54 Å². The minimum Gasteiger partial charge on any atom is -0.324 e. The smallest absolute Gasteiger partial charge is 0.130 e. The fourth-order valence-electron chi connectivity index (χ4n) is 2.39. The van der Waals surface area contributed by atoms with Gasteiger partial charge in [0.1, 0.15) is 11.3 Å². The third-order valence-corrected chi connectivity index (χ3v) is 3.72. The number of fused-ring (bicyclic) bond motifs is 1. The lowest BCUT2D eigenvalue weighted by atomic mass is 9.93. The summed E-state index contributed by atoms with van der Waals surface area (Å²) in [4.78, 5) is 8.87. The molecule has 0 radical (unpaired) electrons. The minimum atomic E-state index is -0.358. The molecule has 0 aliphatic heterocycles. The first-order valence-corrected chi connectivity index (χ1v) is 6.64. The molecule has 2 aromatic heterocycles. The van der Waals surface area contributed by atoms with E-state index in [-0.39, 0.29) is 5.54 Å². The first-order chi connectivity index (χ1) is 8.53. The zero-order valence-corrected chi connectivity index (χ0v) is 11.6. The number of pyridine rings is 1. The predicted octanol–water partition coefficient (Wildman–Crippen LogP) is 2.99. The summed E-state index contributed by atoms with van der Waals surface area (Å²) in [5.74, 6) is 0.977. The van der Waals surface area contributed by atoms with Gasteiger partial charge in [-0.05, 0) is 32.8 Å². The van der Waals surface area contributed by atoms with E-state index in [1.54, 1.807) is 0 Å². The van der Waals surface area contributed by atoms with Gasteiger partial charge in [0.2, 0.25) is 0 Å². The number of nitrogens with two attached hydrogens (primary N) is 1. The van der Waals surface area contributed by atoms with Crippen molar-refractivity contribution in [2.24, 2.45) is 5.73 Å². The van der Waals surface area contributed by atoms with Gasteiger partial charge in [0.15, 0.2) is 0 Å². The van der Waals surface area contributed by atoms with Crippen molar-refractivity contribution in [1.29, 1.82) is 0 Å². The Morgan fingerprint density at radius 1 is 1.33 bits per heavy atom. The maximum Gasteiger partial charge on any atom is 0.130 e. The monoisotopic (exact) mass is 246 g/mol. The molecule has 18 heavy (non-hydrogen) atoms. The maximum atomic E-state index is 6.52. The predicted molar refractivity (Wildman–Crippen MR) is 74.4 cm³/mol. The van der Waals surface area contributed by atoms with Crippen LogP contribution in [0.15, 0.2) is 18.5 Å². The number of hydrogen-bond donors (Lipinski definition) is 1. The quantitative estimate of drug-likeness (QED) is 0.902. The van der Waals surface area contributed by atoms with Gasteiger partial charge in [0, 0.05) is 12.2 Å². The summed E-state index contributed by atoms with van der Waals surface area (Å²) in [5, 5.41) is 0. The largest absolute Gasteiger partial charge is 0.324 e. The van der Waals surface area contributed by atoms with Crippen molar-refractivity contribution in [3.63, 3.8) is 0 Å². The summed E-state index contributed by atoms with van der Waals surface area (Å²) in [5.41, 5.74) is 8.20. The van der Waals surface area contributed by atoms with Crippen LogP contribution < -0.4 is 5.73 Å². The average molecular weight is 246 g/mol. The van der Waals surface area contributed by atoms with E-state index in [1.807, 2.05) is 18.5 Å². The van der Waals surface area contributed by atoms with E-state index < -0.39 is 0 Å². The van der Waals surface area contributed by atoms with Crippen LogP contribution in [0.3, 0.4) is 0 Å². The Kier molecular flexibility index (Phi) is 3.39. The van der Waals surface area contributed by atoms with Crippen molar-refractivity contribution in [3.05, 3.63) is 24.3 Å².